The van der Waals surface area contributed by atoms with Gasteiger partial charge in [-0.2, -0.15) is 0 Å². The van der Waals surface area contributed by atoms with Gasteiger partial charge >= 0.3 is 6.09 Å². The number of carbonyl (C=O) groups excluding carboxylic acids is 1. The monoisotopic (exact) mass is 377 g/mol. The summed E-state index contributed by atoms with van der Waals surface area (Å²) in [5.41, 5.74) is 0.590. The van der Waals surface area contributed by atoms with E-state index in [1.54, 1.807) is 6.08 Å². The fourth-order valence-corrected chi connectivity index (χ4v) is 3.08. The van der Waals surface area contributed by atoms with E-state index in [2.05, 4.69) is 45.8 Å². The quantitative estimate of drug-likeness (QED) is 0.511. The second-order valence-electron chi connectivity index (χ2n) is 9.20. The van der Waals surface area contributed by atoms with Crippen molar-refractivity contribution in [2.75, 3.05) is 0 Å². The molecule has 0 spiro atoms. The van der Waals surface area contributed by atoms with Gasteiger partial charge in [-0.25, -0.2) is 4.79 Å². The summed E-state index contributed by atoms with van der Waals surface area (Å²) in [6.07, 6.45) is 1.95. The van der Waals surface area contributed by atoms with Crippen LogP contribution in [-0.2, 0) is 11.2 Å². The molecule has 0 aromatic heterocycles. The number of ether oxygens (including phenoxy) is 1. The highest BCUT2D eigenvalue weighted by Gasteiger charge is 2.38. The third kappa shape index (κ3) is 7.24. The molecule has 0 saturated heterocycles. The van der Waals surface area contributed by atoms with Gasteiger partial charge in [0.25, 0.3) is 0 Å². The summed E-state index contributed by atoms with van der Waals surface area (Å²) >= 11 is 0. The zero-order valence-corrected chi connectivity index (χ0v) is 18.6. The molecule has 1 aromatic rings. The molecule has 0 unspecified atom stereocenters. The van der Waals surface area contributed by atoms with Crippen molar-refractivity contribution in [2.45, 2.75) is 77.7 Å². The summed E-state index contributed by atoms with van der Waals surface area (Å²) in [4.78, 5) is 11.9. The van der Waals surface area contributed by atoms with Gasteiger partial charge in [0.15, 0.2) is 0 Å². The first-order chi connectivity index (χ1) is 11.7. The van der Waals surface area contributed by atoms with Crippen LogP contribution in [0.25, 0.3) is 0 Å². The molecule has 0 aliphatic carbocycles. The molecule has 1 N–H and O–H groups in total. The summed E-state index contributed by atoms with van der Waals surface area (Å²) in [5.74, 6) is 0.899. The predicted octanol–water partition coefficient (Wildman–Crippen LogP) is 5.69. The summed E-state index contributed by atoms with van der Waals surface area (Å²) in [6.45, 7) is 20.5. The molecule has 0 bridgehead atoms. The minimum atomic E-state index is -1.84. The maximum absolute atomic E-state index is 11.9. The SMILES string of the molecule is C=C[C@H](Cc1ccc(O[Si](C)(C)C(C)(C)C)cc1)NC(=O)OC(C)(C)C. The molecule has 0 aliphatic heterocycles. The van der Waals surface area contributed by atoms with E-state index in [9.17, 15) is 4.79 Å². The number of hydrogen-bond donors (Lipinski definition) is 1. The molecule has 0 fully saturated rings. The molecule has 0 heterocycles. The summed E-state index contributed by atoms with van der Waals surface area (Å²) in [7, 11) is -1.84. The molecule has 5 heteroatoms. The predicted molar refractivity (Wildman–Crippen MR) is 111 cm³/mol. The highest BCUT2D eigenvalue weighted by molar-refractivity contribution is 6.74. The maximum Gasteiger partial charge on any atom is 0.408 e. The van der Waals surface area contributed by atoms with Crippen LogP contribution in [0, 0.1) is 0 Å². The van der Waals surface area contributed by atoms with E-state index < -0.39 is 20.0 Å². The first-order valence-corrected chi connectivity index (χ1v) is 12.0. The number of alkyl carbamates (subject to hydrolysis) is 1. The lowest BCUT2D eigenvalue weighted by Crippen LogP contribution is -2.43. The molecule has 26 heavy (non-hydrogen) atoms. The maximum atomic E-state index is 11.9. The molecule has 146 valence electrons. The molecule has 0 aliphatic rings. The molecular weight excluding hydrogens is 342 g/mol. The number of rotatable bonds is 6. The first kappa shape index (κ1) is 22.3. The molecular formula is C21H35NO3Si. The Morgan fingerprint density at radius 1 is 1.15 bits per heavy atom. The van der Waals surface area contributed by atoms with Crippen molar-refractivity contribution >= 4 is 14.4 Å². The van der Waals surface area contributed by atoms with Crippen molar-refractivity contribution in [3.8, 4) is 5.75 Å². The van der Waals surface area contributed by atoms with Crippen LogP contribution in [0.2, 0.25) is 18.1 Å². The summed E-state index contributed by atoms with van der Waals surface area (Å²) in [6, 6.07) is 7.90. The van der Waals surface area contributed by atoms with Crippen LogP contribution in [-0.4, -0.2) is 26.1 Å². The van der Waals surface area contributed by atoms with E-state index in [1.807, 2.05) is 45.0 Å². The minimum absolute atomic E-state index is 0.164. The van der Waals surface area contributed by atoms with Gasteiger partial charge in [-0.3, -0.25) is 0 Å². The highest BCUT2D eigenvalue weighted by atomic mass is 28.4. The van der Waals surface area contributed by atoms with Crippen molar-refractivity contribution < 1.29 is 14.0 Å². The van der Waals surface area contributed by atoms with E-state index in [1.165, 1.54) is 0 Å². The normalized spacial score (nSPS) is 13.7. The fraction of sp³-hybridized carbons (Fsp3) is 0.571. The molecule has 1 atom stereocenters. The summed E-state index contributed by atoms with van der Waals surface area (Å²) in [5, 5.41) is 3.00. The van der Waals surface area contributed by atoms with Crippen LogP contribution < -0.4 is 9.74 Å². The third-order valence-corrected chi connectivity index (χ3v) is 8.90. The van der Waals surface area contributed by atoms with Gasteiger partial charge in [-0.05, 0) is 63.0 Å². The number of hydrogen-bond acceptors (Lipinski definition) is 3. The zero-order chi connectivity index (χ0) is 20.2. The van der Waals surface area contributed by atoms with E-state index in [0.29, 0.717) is 6.42 Å². The van der Waals surface area contributed by atoms with E-state index in [4.69, 9.17) is 9.16 Å². The fourth-order valence-electron chi connectivity index (χ4n) is 2.05. The molecule has 1 rings (SSSR count). The first-order valence-electron chi connectivity index (χ1n) is 9.13. The van der Waals surface area contributed by atoms with Gasteiger partial charge in [-0.15, -0.1) is 6.58 Å². The lowest BCUT2D eigenvalue weighted by Gasteiger charge is -2.36. The largest absolute Gasteiger partial charge is 0.544 e. The topological polar surface area (TPSA) is 47.6 Å². The van der Waals surface area contributed by atoms with Crippen LogP contribution in [0.3, 0.4) is 0 Å². The Bertz CT molecular complexity index is 610. The van der Waals surface area contributed by atoms with Crippen LogP contribution >= 0.6 is 0 Å². The van der Waals surface area contributed by atoms with Gasteiger partial charge in [-0.1, -0.05) is 39.0 Å². The van der Waals surface area contributed by atoms with Gasteiger partial charge in [0.2, 0.25) is 8.32 Å². The Hall–Kier alpha value is -1.75. The van der Waals surface area contributed by atoms with Gasteiger partial charge in [0.05, 0.1) is 6.04 Å². The number of carbonyl (C=O) groups is 1. The second-order valence-corrected chi connectivity index (χ2v) is 13.9. The van der Waals surface area contributed by atoms with Gasteiger partial charge < -0.3 is 14.5 Å². The average Bonchev–Trinajstić information content (AvgIpc) is 2.45. The second kappa shape index (κ2) is 8.29. The smallest absolute Gasteiger partial charge is 0.408 e. The van der Waals surface area contributed by atoms with Crippen molar-refractivity contribution in [3.63, 3.8) is 0 Å². The molecule has 1 aromatic carbocycles. The number of amides is 1. The van der Waals surface area contributed by atoms with E-state index in [-0.39, 0.29) is 11.1 Å². The number of benzene rings is 1. The Kier molecular flexibility index (Phi) is 7.11. The summed E-state index contributed by atoms with van der Waals surface area (Å²) < 4.78 is 11.6. The Labute approximate surface area is 160 Å². The molecule has 1 amide bonds. The average molecular weight is 378 g/mol. The van der Waals surface area contributed by atoms with Crippen LogP contribution in [0.15, 0.2) is 36.9 Å². The Balaban J connectivity index is 2.70. The number of nitrogens with one attached hydrogen (secondary N) is 1. The standard InChI is InChI=1S/C21H35NO3Si/c1-10-17(22-19(23)24-20(2,3)4)15-16-11-13-18(14-12-16)25-26(8,9)21(5,6)7/h10-14,17H,1,15H2,2-9H3,(H,22,23)/t17-/m1/s1. The Morgan fingerprint density at radius 2 is 1.69 bits per heavy atom. The van der Waals surface area contributed by atoms with Crippen LogP contribution in [0.5, 0.6) is 5.75 Å². The zero-order valence-electron chi connectivity index (χ0n) is 17.6. The molecule has 4 nitrogen and oxygen atoms in total. The molecule has 0 saturated carbocycles. The Morgan fingerprint density at radius 3 is 2.12 bits per heavy atom. The van der Waals surface area contributed by atoms with Crippen molar-refractivity contribution in [3.05, 3.63) is 42.5 Å². The van der Waals surface area contributed by atoms with Crippen molar-refractivity contribution in [1.29, 1.82) is 0 Å². The lowest BCUT2D eigenvalue weighted by atomic mass is 10.1. The van der Waals surface area contributed by atoms with E-state index >= 15 is 0 Å². The highest BCUT2D eigenvalue weighted by Crippen LogP contribution is 2.37. The third-order valence-electron chi connectivity index (χ3n) is 4.54. The van der Waals surface area contributed by atoms with E-state index in [0.717, 1.165) is 11.3 Å². The van der Waals surface area contributed by atoms with Crippen LogP contribution in [0.1, 0.15) is 47.1 Å². The van der Waals surface area contributed by atoms with Crippen molar-refractivity contribution in [2.24, 2.45) is 0 Å². The van der Waals surface area contributed by atoms with Gasteiger partial charge in [0, 0.05) is 0 Å². The minimum Gasteiger partial charge on any atom is -0.544 e. The van der Waals surface area contributed by atoms with Crippen LogP contribution in [0.4, 0.5) is 4.79 Å². The van der Waals surface area contributed by atoms with Crippen molar-refractivity contribution in [1.82, 2.24) is 5.32 Å². The van der Waals surface area contributed by atoms with Gasteiger partial charge in [0.1, 0.15) is 11.4 Å². The lowest BCUT2D eigenvalue weighted by molar-refractivity contribution is 0.0514. The molecule has 0 radical (unpaired) electrons.